The van der Waals surface area contributed by atoms with Gasteiger partial charge in [-0.15, -0.1) is 0 Å². The molecule has 0 atom stereocenters. The maximum absolute atomic E-state index is 11.9. The zero-order chi connectivity index (χ0) is 16.7. The molecule has 0 heterocycles. The molecule has 5 nitrogen and oxygen atoms in total. The lowest BCUT2D eigenvalue weighted by Gasteiger charge is -2.04. The van der Waals surface area contributed by atoms with Crippen LogP contribution in [0.5, 0.6) is 0 Å². The molecule has 2 aromatic rings. The van der Waals surface area contributed by atoms with E-state index in [4.69, 9.17) is 11.6 Å². The number of carbonyl (C=O) groups excluding carboxylic acids is 1. The van der Waals surface area contributed by atoms with Crippen molar-refractivity contribution in [1.29, 1.82) is 0 Å². The second-order valence-corrected chi connectivity index (χ2v) is 5.26. The summed E-state index contributed by atoms with van der Waals surface area (Å²) < 4.78 is 0. The first-order valence-electron chi connectivity index (χ1n) is 7.02. The Morgan fingerprint density at radius 3 is 2.17 bits per heavy atom. The number of hydrogen-bond acceptors (Lipinski definition) is 4. The summed E-state index contributed by atoms with van der Waals surface area (Å²) in [5.41, 5.74) is 8.05. The highest BCUT2D eigenvalue weighted by Gasteiger charge is 2.04. The maximum Gasteiger partial charge on any atom is 0.271 e. The van der Waals surface area contributed by atoms with Gasteiger partial charge in [-0.05, 0) is 50.2 Å². The van der Waals surface area contributed by atoms with E-state index in [1.807, 2.05) is 18.2 Å². The molecule has 0 saturated carbocycles. The zero-order valence-electron chi connectivity index (χ0n) is 12.9. The summed E-state index contributed by atoms with van der Waals surface area (Å²) in [6.07, 6.45) is 0. The Morgan fingerprint density at radius 1 is 0.913 bits per heavy atom. The summed E-state index contributed by atoms with van der Waals surface area (Å²) in [5, 5.41) is 8.93. The fourth-order valence-electron chi connectivity index (χ4n) is 1.62. The van der Waals surface area contributed by atoms with Gasteiger partial charge in [0.05, 0.1) is 17.1 Å². The summed E-state index contributed by atoms with van der Waals surface area (Å²) in [6, 6.07) is 16.1. The molecule has 23 heavy (non-hydrogen) atoms. The number of halogens is 1. The molecule has 2 N–H and O–H groups in total. The molecular formula is C17H17ClN4O. The standard InChI is InChI=1S/C17H17ClN4O/c1-12(19-21-16-10-8-15(18)9-11-16)13(2)20-22-17(23)14-6-4-3-5-7-14/h3-11,21H,1-2H3,(H,22,23)/b19-12+,20-13+. The van der Waals surface area contributed by atoms with Crippen molar-refractivity contribution in [3.05, 3.63) is 65.2 Å². The molecule has 0 aliphatic rings. The van der Waals surface area contributed by atoms with Crippen LogP contribution in [0.2, 0.25) is 5.02 Å². The molecule has 118 valence electrons. The van der Waals surface area contributed by atoms with Gasteiger partial charge in [-0.2, -0.15) is 10.2 Å². The minimum atomic E-state index is -0.261. The summed E-state index contributed by atoms with van der Waals surface area (Å²) in [4.78, 5) is 11.9. The van der Waals surface area contributed by atoms with Crippen LogP contribution in [0.15, 0.2) is 64.8 Å². The molecule has 2 aromatic carbocycles. The van der Waals surface area contributed by atoms with Crippen LogP contribution in [0.1, 0.15) is 24.2 Å². The maximum atomic E-state index is 11.9. The summed E-state index contributed by atoms with van der Waals surface area (Å²) in [6.45, 7) is 3.57. The molecule has 0 aromatic heterocycles. The monoisotopic (exact) mass is 328 g/mol. The minimum Gasteiger partial charge on any atom is -0.278 e. The number of amides is 1. The molecule has 0 saturated heterocycles. The van der Waals surface area contributed by atoms with E-state index in [1.54, 1.807) is 50.2 Å². The van der Waals surface area contributed by atoms with Crippen molar-refractivity contribution in [3.63, 3.8) is 0 Å². The van der Waals surface area contributed by atoms with E-state index in [0.717, 1.165) is 5.69 Å². The number of rotatable bonds is 5. The van der Waals surface area contributed by atoms with Crippen molar-refractivity contribution in [3.8, 4) is 0 Å². The first-order chi connectivity index (χ1) is 11.1. The first kappa shape index (κ1) is 16.7. The fraction of sp³-hybridized carbons (Fsp3) is 0.118. The van der Waals surface area contributed by atoms with E-state index in [9.17, 15) is 4.79 Å². The van der Waals surface area contributed by atoms with E-state index in [1.165, 1.54) is 0 Å². The third-order valence-corrected chi connectivity index (χ3v) is 3.33. The Bertz CT molecular complexity index is 724. The van der Waals surface area contributed by atoms with Crippen LogP contribution in [-0.4, -0.2) is 17.3 Å². The van der Waals surface area contributed by atoms with Crippen molar-refractivity contribution in [2.45, 2.75) is 13.8 Å². The lowest BCUT2D eigenvalue weighted by Crippen LogP contribution is -2.21. The Hall–Kier alpha value is -2.66. The molecule has 6 heteroatoms. The molecule has 2 rings (SSSR count). The molecular weight excluding hydrogens is 312 g/mol. The lowest BCUT2D eigenvalue weighted by molar-refractivity contribution is 0.0955. The first-order valence-corrected chi connectivity index (χ1v) is 7.40. The van der Waals surface area contributed by atoms with Gasteiger partial charge < -0.3 is 0 Å². The SMILES string of the molecule is CC(=N\NC(=O)c1ccccc1)/C(C)=N/Nc1ccc(Cl)cc1. The highest BCUT2D eigenvalue weighted by molar-refractivity contribution is 6.40. The number of nitrogens with zero attached hydrogens (tertiary/aromatic N) is 2. The van der Waals surface area contributed by atoms with E-state index in [2.05, 4.69) is 21.1 Å². The third kappa shape index (κ3) is 5.23. The molecule has 0 radical (unpaired) electrons. The highest BCUT2D eigenvalue weighted by atomic mass is 35.5. The average molecular weight is 329 g/mol. The Balaban J connectivity index is 1.95. The van der Waals surface area contributed by atoms with Gasteiger partial charge in [0, 0.05) is 10.6 Å². The van der Waals surface area contributed by atoms with Crippen molar-refractivity contribution in [2.75, 3.05) is 5.43 Å². The quantitative estimate of drug-likeness (QED) is 0.645. The van der Waals surface area contributed by atoms with Crippen molar-refractivity contribution < 1.29 is 4.79 Å². The molecule has 1 amide bonds. The van der Waals surface area contributed by atoms with Crippen LogP contribution < -0.4 is 10.9 Å². The predicted molar refractivity (Wildman–Crippen MR) is 95.2 cm³/mol. The summed E-state index contributed by atoms with van der Waals surface area (Å²) >= 11 is 5.82. The van der Waals surface area contributed by atoms with Gasteiger partial charge in [0.1, 0.15) is 0 Å². The van der Waals surface area contributed by atoms with Gasteiger partial charge >= 0.3 is 0 Å². The van der Waals surface area contributed by atoms with E-state index < -0.39 is 0 Å². The third-order valence-electron chi connectivity index (χ3n) is 3.08. The smallest absolute Gasteiger partial charge is 0.271 e. The largest absolute Gasteiger partial charge is 0.278 e. The molecule has 0 aliphatic carbocycles. The van der Waals surface area contributed by atoms with Gasteiger partial charge in [-0.3, -0.25) is 10.2 Å². The van der Waals surface area contributed by atoms with Gasteiger partial charge in [0.2, 0.25) is 0 Å². The van der Waals surface area contributed by atoms with Crippen LogP contribution >= 0.6 is 11.6 Å². The van der Waals surface area contributed by atoms with Crippen molar-refractivity contribution in [1.82, 2.24) is 5.43 Å². The van der Waals surface area contributed by atoms with Gasteiger partial charge in [-0.25, -0.2) is 5.43 Å². The molecule has 0 spiro atoms. The van der Waals surface area contributed by atoms with E-state index >= 15 is 0 Å². The number of anilines is 1. The molecule has 0 unspecified atom stereocenters. The molecule has 0 fully saturated rings. The van der Waals surface area contributed by atoms with E-state index in [0.29, 0.717) is 22.0 Å². The Labute approximate surface area is 140 Å². The number of benzene rings is 2. The van der Waals surface area contributed by atoms with Gasteiger partial charge in [0.15, 0.2) is 0 Å². The summed E-state index contributed by atoms with van der Waals surface area (Å²) in [7, 11) is 0. The number of nitrogens with one attached hydrogen (secondary N) is 2. The predicted octanol–water partition coefficient (Wildman–Crippen LogP) is 3.93. The molecule has 0 aliphatic heterocycles. The normalized spacial score (nSPS) is 12.0. The molecule has 0 bridgehead atoms. The minimum absolute atomic E-state index is 0.261. The number of hydrazone groups is 2. The van der Waals surface area contributed by atoms with Crippen LogP contribution in [0.4, 0.5) is 5.69 Å². The van der Waals surface area contributed by atoms with Crippen molar-refractivity contribution >= 4 is 34.6 Å². The van der Waals surface area contributed by atoms with E-state index in [-0.39, 0.29) is 5.91 Å². The second-order valence-electron chi connectivity index (χ2n) is 4.82. The highest BCUT2D eigenvalue weighted by Crippen LogP contribution is 2.13. The fourth-order valence-corrected chi connectivity index (χ4v) is 1.75. The zero-order valence-corrected chi connectivity index (χ0v) is 13.6. The average Bonchev–Trinajstić information content (AvgIpc) is 2.59. The number of carbonyl (C=O) groups is 1. The Morgan fingerprint density at radius 2 is 1.52 bits per heavy atom. The number of hydrogen-bond donors (Lipinski definition) is 2. The van der Waals surface area contributed by atoms with Crippen molar-refractivity contribution in [2.24, 2.45) is 10.2 Å². The van der Waals surface area contributed by atoms with Crippen LogP contribution in [0, 0.1) is 0 Å². The lowest BCUT2D eigenvalue weighted by atomic mass is 10.2. The van der Waals surface area contributed by atoms with Crippen LogP contribution in [0.25, 0.3) is 0 Å². The van der Waals surface area contributed by atoms with Gasteiger partial charge in [-0.1, -0.05) is 29.8 Å². The topological polar surface area (TPSA) is 65.8 Å². The van der Waals surface area contributed by atoms with Crippen LogP contribution in [0.3, 0.4) is 0 Å². The second kappa shape index (κ2) is 8.10. The van der Waals surface area contributed by atoms with Crippen LogP contribution in [-0.2, 0) is 0 Å². The summed E-state index contributed by atoms with van der Waals surface area (Å²) in [5.74, 6) is -0.261. The van der Waals surface area contributed by atoms with Gasteiger partial charge in [0.25, 0.3) is 5.91 Å². The Kier molecular flexibility index (Phi) is 5.88.